The Kier molecular flexibility index (Phi) is 2.28. The maximum atomic E-state index is 11.5. The molecule has 2 atom stereocenters. The highest BCUT2D eigenvalue weighted by Gasteiger charge is 2.38. The fourth-order valence-electron chi connectivity index (χ4n) is 1.98. The van der Waals surface area contributed by atoms with Gasteiger partial charge in [-0.15, -0.1) is 0 Å². The van der Waals surface area contributed by atoms with Gasteiger partial charge in [-0.25, -0.2) is 0 Å². The minimum absolute atomic E-state index is 0.0272. The van der Waals surface area contributed by atoms with Gasteiger partial charge in [0.25, 0.3) is 0 Å². The maximum absolute atomic E-state index is 11.5. The van der Waals surface area contributed by atoms with Crippen molar-refractivity contribution in [3.05, 3.63) is 0 Å². The summed E-state index contributed by atoms with van der Waals surface area (Å²) in [6.07, 6.45) is 2.66. The molecule has 0 radical (unpaired) electrons. The van der Waals surface area contributed by atoms with Gasteiger partial charge < -0.3 is 10.6 Å². The molecule has 1 unspecified atom stereocenters. The van der Waals surface area contributed by atoms with Gasteiger partial charge in [0.15, 0.2) is 0 Å². The molecule has 0 aromatic carbocycles. The Bertz CT molecular complexity index is 211. The lowest BCUT2D eigenvalue weighted by molar-refractivity contribution is -0.126. The van der Waals surface area contributed by atoms with Crippen LogP contribution in [0.4, 0.5) is 0 Å². The van der Waals surface area contributed by atoms with E-state index < -0.39 is 0 Å². The van der Waals surface area contributed by atoms with Crippen LogP contribution >= 0.6 is 0 Å². The van der Waals surface area contributed by atoms with Crippen LogP contribution in [0.3, 0.4) is 0 Å². The zero-order valence-electron chi connectivity index (χ0n) is 8.34. The van der Waals surface area contributed by atoms with E-state index in [1.165, 1.54) is 12.8 Å². The smallest absolute Gasteiger partial charge is 0.237 e. The summed E-state index contributed by atoms with van der Waals surface area (Å²) < 4.78 is 0. The van der Waals surface area contributed by atoms with E-state index in [0.29, 0.717) is 12.0 Å². The molecule has 0 aromatic heterocycles. The van der Waals surface area contributed by atoms with Gasteiger partial charge in [-0.1, -0.05) is 13.8 Å². The highest BCUT2D eigenvalue weighted by atomic mass is 16.2. The lowest BCUT2D eigenvalue weighted by Crippen LogP contribution is -2.60. The van der Waals surface area contributed by atoms with Crippen molar-refractivity contribution >= 4 is 5.91 Å². The van der Waals surface area contributed by atoms with Crippen LogP contribution in [0.2, 0.25) is 0 Å². The summed E-state index contributed by atoms with van der Waals surface area (Å²) in [7, 11) is 0. The van der Waals surface area contributed by atoms with E-state index >= 15 is 0 Å². The van der Waals surface area contributed by atoms with Crippen LogP contribution in [0.25, 0.3) is 0 Å². The minimum Gasteiger partial charge on any atom is -0.353 e. The minimum atomic E-state index is 0.0272. The van der Waals surface area contributed by atoms with E-state index in [1.807, 2.05) is 0 Å². The van der Waals surface area contributed by atoms with Crippen molar-refractivity contribution in [3.63, 3.8) is 0 Å². The monoisotopic (exact) mass is 182 g/mol. The van der Waals surface area contributed by atoms with E-state index in [1.54, 1.807) is 0 Å². The molecule has 0 spiro atoms. The first-order valence-electron chi connectivity index (χ1n) is 5.22. The number of piperazine rings is 1. The van der Waals surface area contributed by atoms with Gasteiger partial charge in [-0.3, -0.25) is 4.79 Å². The lowest BCUT2D eigenvalue weighted by Gasteiger charge is -2.33. The van der Waals surface area contributed by atoms with Crippen molar-refractivity contribution in [1.82, 2.24) is 10.6 Å². The Balaban J connectivity index is 1.96. The average Bonchev–Trinajstić information content (AvgIpc) is 2.87. The first-order chi connectivity index (χ1) is 6.18. The Morgan fingerprint density at radius 1 is 1.38 bits per heavy atom. The van der Waals surface area contributed by atoms with Crippen molar-refractivity contribution in [2.45, 2.75) is 38.8 Å². The standard InChI is InChI=1S/C10H18N2O/c1-6(2)9-10(13)11-5-8(12-9)7-3-4-7/h6-9,12H,3-5H2,1-2H3,(H,11,13)/t8?,9-/m0/s1. The molecule has 1 amide bonds. The molecule has 1 saturated carbocycles. The van der Waals surface area contributed by atoms with E-state index in [2.05, 4.69) is 24.5 Å². The number of amides is 1. The van der Waals surface area contributed by atoms with E-state index in [0.717, 1.165) is 12.5 Å². The predicted molar refractivity (Wildman–Crippen MR) is 51.3 cm³/mol. The third kappa shape index (κ3) is 1.85. The van der Waals surface area contributed by atoms with Gasteiger partial charge in [0.1, 0.15) is 0 Å². The zero-order chi connectivity index (χ0) is 9.42. The first kappa shape index (κ1) is 9.00. The van der Waals surface area contributed by atoms with Gasteiger partial charge in [-0.05, 0) is 24.7 Å². The van der Waals surface area contributed by atoms with Crippen molar-refractivity contribution < 1.29 is 4.79 Å². The lowest BCUT2D eigenvalue weighted by atomic mass is 9.98. The summed E-state index contributed by atoms with van der Waals surface area (Å²) in [4.78, 5) is 11.5. The second-order valence-electron chi connectivity index (χ2n) is 4.58. The van der Waals surface area contributed by atoms with Crippen LogP contribution in [-0.4, -0.2) is 24.5 Å². The molecule has 2 rings (SSSR count). The number of hydrogen-bond donors (Lipinski definition) is 2. The summed E-state index contributed by atoms with van der Waals surface area (Å²) in [6.45, 7) is 5.01. The number of carbonyl (C=O) groups excluding carboxylic acids is 1. The molecule has 1 heterocycles. The summed E-state index contributed by atoms with van der Waals surface area (Å²) in [6, 6.07) is 0.560. The molecule has 3 nitrogen and oxygen atoms in total. The molecule has 1 aliphatic carbocycles. The third-order valence-corrected chi connectivity index (χ3v) is 3.03. The molecular formula is C10H18N2O. The molecule has 1 saturated heterocycles. The van der Waals surface area contributed by atoms with Crippen LogP contribution in [0.15, 0.2) is 0 Å². The van der Waals surface area contributed by atoms with Crippen LogP contribution in [0, 0.1) is 11.8 Å². The first-order valence-corrected chi connectivity index (χ1v) is 5.22. The number of hydrogen-bond acceptors (Lipinski definition) is 2. The normalized spacial score (nSPS) is 34.8. The van der Waals surface area contributed by atoms with Crippen LogP contribution in [-0.2, 0) is 4.79 Å². The molecule has 1 aliphatic heterocycles. The molecule has 3 heteroatoms. The average molecular weight is 182 g/mol. The highest BCUT2D eigenvalue weighted by Crippen LogP contribution is 2.33. The Morgan fingerprint density at radius 2 is 2.08 bits per heavy atom. The predicted octanol–water partition coefficient (Wildman–Crippen LogP) is 0.509. The molecule has 0 aromatic rings. The molecule has 2 N–H and O–H groups in total. The van der Waals surface area contributed by atoms with Crippen molar-refractivity contribution in [1.29, 1.82) is 0 Å². The van der Waals surface area contributed by atoms with Gasteiger partial charge in [-0.2, -0.15) is 0 Å². The summed E-state index contributed by atoms with van der Waals surface area (Å²) in [5, 5.41) is 6.44. The SMILES string of the molecule is CC(C)[C@@H]1NC(C2CC2)CNC1=O. The summed E-state index contributed by atoms with van der Waals surface area (Å²) >= 11 is 0. The largest absolute Gasteiger partial charge is 0.353 e. The molecule has 0 bridgehead atoms. The van der Waals surface area contributed by atoms with Gasteiger partial charge in [0.05, 0.1) is 6.04 Å². The second-order valence-corrected chi connectivity index (χ2v) is 4.58. The van der Waals surface area contributed by atoms with Crippen LogP contribution in [0.5, 0.6) is 0 Å². The van der Waals surface area contributed by atoms with Gasteiger partial charge in [0.2, 0.25) is 5.91 Å². The Labute approximate surface area is 79.3 Å². The highest BCUT2D eigenvalue weighted by molar-refractivity contribution is 5.82. The molecular weight excluding hydrogens is 164 g/mol. The van der Waals surface area contributed by atoms with Gasteiger partial charge >= 0.3 is 0 Å². The molecule has 2 aliphatic rings. The topological polar surface area (TPSA) is 41.1 Å². The Hall–Kier alpha value is -0.570. The number of nitrogens with one attached hydrogen (secondary N) is 2. The van der Waals surface area contributed by atoms with Gasteiger partial charge in [0, 0.05) is 12.6 Å². The maximum Gasteiger partial charge on any atom is 0.237 e. The van der Waals surface area contributed by atoms with E-state index in [9.17, 15) is 4.79 Å². The van der Waals surface area contributed by atoms with E-state index in [-0.39, 0.29) is 11.9 Å². The van der Waals surface area contributed by atoms with Crippen molar-refractivity contribution in [2.24, 2.45) is 11.8 Å². The van der Waals surface area contributed by atoms with Crippen molar-refractivity contribution in [2.75, 3.05) is 6.54 Å². The third-order valence-electron chi connectivity index (χ3n) is 3.03. The zero-order valence-corrected chi connectivity index (χ0v) is 8.34. The van der Waals surface area contributed by atoms with Crippen molar-refractivity contribution in [3.8, 4) is 0 Å². The summed E-state index contributed by atoms with van der Waals surface area (Å²) in [5.41, 5.74) is 0. The molecule has 13 heavy (non-hydrogen) atoms. The Morgan fingerprint density at radius 3 is 2.62 bits per heavy atom. The fraction of sp³-hybridized carbons (Fsp3) is 0.900. The van der Waals surface area contributed by atoms with Crippen LogP contribution < -0.4 is 10.6 Å². The number of rotatable bonds is 2. The number of carbonyl (C=O) groups is 1. The van der Waals surface area contributed by atoms with E-state index in [4.69, 9.17) is 0 Å². The quantitative estimate of drug-likeness (QED) is 0.653. The molecule has 74 valence electrons. The fourth-order valence-corrected chi connectivity index (χ4v) is 1.98. The molecule has 2 fully saturated rings. The second kappa shape index (κ2) is 3.29. The van der Waals surface area contributed by atoms with Crippen LogP contribution in [0.1, 0.15) is 26.7 Å². The summed E-state index contributed by atoms with van der Waals surface area (Å²) in [5.74, 6) is 1.38.